The summed E-state index contributed by atoms with van der Waals surface area (Å²) in [6.07, 6.45) is 0. The molecule has 0 bridgehead atoms. The van der Waals surface area contributed by atoms with Gasteiger partial charge in [0.2, 0.25) is 0 Å². The van der Waals surface area contributed by atoms with Gasteiger partial charge in [-0.3, -0.25) is 0 Å². The summed E-state index contributed by atoms with van der Waals surface area (Å²) in [5, 5.41) is 0. The van der Waals surface area contributed by atoms with Crippen molar-refractivity contribution in [1.29, 1.82) is 0 Å². The molecule has 0 aliphatic heterocycles. The molecule has 0 N–H and O–H groups in total. The Morgan fingerprint density at radius 2 is 0.500 bits per heavy atom. The summed E-state index contributed by atoms with van der Waals surface area (Å²) in [6, 6.07) is 0. The quantitative estimate of drug-likeness (QED) is 0.146. The van der Waals surface area contributed by atoms with E-state index in [2.05, 4.69) is 224 Å². The molecule has 0 nitrogen and oxygen atoms in total. The average Bonchev–Trinajstić information content (AvgIpc) is 2.88. The van der Waals surface area contributed by atoms with Gasteiger partial charge in [-0.25, -0.2) is 0 Å². The third-order valence-corrected chi connectivity index (χ3v) is 23.1. The predicted octanol–water partition coefficient (Wildman–Crippen LogP) is 14.5. The van der Waals surface area contributed by atoms with E-state index in [1.165, 1.54) is 0 Å². The SMILES string of the molecule is CC(C)[Si](C#CC(=C=C(C#CC#CC(=C=C(C#C[Si](C(C)C)(C(C)C)C(C)C)C(C)(C)C)C(C)(C)C)C(C)(C)C)C(C)(C)C)(C(C)C)C(C)C. The summed E-state index contributed by atoms with van der Waals surface area (Å²) in [5.41, 5.74) is 22.1. The molecule has 0 aliphatic rings. The van der Waals surface area contributed by atoms with Crippen LogP contribution in [-0.2, 0) is 0 Å². The molecule has 0 heterocycles. The normalized spacial score (nSPS) is 12.7. The first-order chi connectivity index (χ1) is 22.3. The van der Waals surface area contributed by atoms with E-state index in [9.17, 15) is 0 Å². The van der Waals surface area contributed by atoms with Gasteiger partial charge >= 0.3 is 0 Å². The minimum atomic E-state index is -1.90. The predicted molar refractivity (Wildman–Crippen MR) is 232 cm³/mol. The van der Waals surface area contributed by atoms with E-state index in [0.29, 0.717) is 33.2 Å². The Balaban J connectivity index is 7.96. The number of hydrogen-bond donors (Lipinski definition) is 0. The molecule has 50 heavy (non-hydrogen) atoms. The van der Waals surface area contributed by atoms with Gasteiger partial charge in [0.25, 0.3) is 0 Å². The van der Waals surface area contributed by atoms with Crippen molar-refractivity contribution >= 4 is 16.1 Å². The zero-order valence-corrected chi connectivity index (χ0v) is 39.5. The summed E-state index contributed by atoms with van der Waals surface area (Å²) < 4.78 is 0. The van der Waals surface area contributed by atoms with Crippen molar-refractivity contribution in [2.45, 2.75) is 199 Å². The molecule has 278 valence electrons. The van der Waals surface area contributed by atoms with Crippen LogP contribution in [0, 0.1) is 68.3 Å². The molecular formula is C48H78Si2. The van der Waals surface area contributed by atoms with Crippen LogP contribution in [0.3, 0.4) is 0 Å². The van der Waals surface area contributed by atoms with Crippen molar-refractivity contribution in [2.75, 3.05) is 0 Å². The van der Waals surface area contributed by atoms with Crippen LogP contribution < -0.4 is 0 Å². The molecule has 0 radical (unpaired) electrons. The minimum Gasteiger partial charge on any atom is -0.125 e. The highest BCUT2D eigenvalue weighted by Gasteiger charge is 2.43. The largest absolute Gasteiger partial charge is 0.146 e. The molecule has 0 spiro atoms. The first-order valence-corrected chi connectivity index (χ1v) is 23.9. The zero-order valence-electron chi connectivity index (χ0n) is 37.5. The molecule has 0 saturated heterocycles. The summed E-state index contributed by atoms with van der Waals surface area (Å²) in [4.78, 5) is 0. The van der Waals surface area contributed by atoms with Crippen LogP contribution in [0.1, 0.15) is 166 Å². The first-order valence-electron chi connectivity index (χ1n) is 19.4. The molecule has 0 aromatic carbocycles. The van der Waals surface area contributed by atoms with Crippen LogP contribution in [0.15, 0.2) is 33.8 Å². The van der Waals surface area contributed by atoms with Crippen molar-refractivity contribution in [3.63, 3.8) is 0 Å². The Bertz CT molecular complexity index is 1390. The van der Waals surface area contributed by atoms with Crippen molar-refractivity contribution in [3.8, 4) is 46.6 Å². The molecule has 0 rings (SSSR count). The zero-order chi connectivity index (χ0) is 39.8. The van der Waals surface area contributed by atoms with Gasteiger partial charge in [-0.2, -0.15) is 0 Å². The lowest BCUT2D eigenvalue weighted by Gasteiger charge is -2.38. The van der Waals surface area contributed by atoms with Gasteiger partial charge in [-0.15, -0.1) is 11.1 Å². The maximum atomic E-state index is 3.94. The smallest absolute Gasteiger partial charge is 0.125 e. The maximum absolute atomic E-state index is 3.94. The molecule has 0 atom stereocenters. The summed E-state index contributed by atoms with van der Waals surface area (Å²) >= 11 is 0. The van der Waals surface area contributed by atoms with Crippen molar-refractivity contribution in [2.24, 2.45) is 21.7 Å². The van der Waals surface area contributed by atoms with Crippen molar-refractivity contribution in [3.05, 3.63) is 33.8 Å². The van der Waals surface area contributed by atoms with Gasteiger partial charge in [0, 0.05) is 32.8 Å². The van der Waals surface area contributed by atoms with E-state index in [-0.39, 0.29) is 21.7 Å². The lowest BCUT2D eigenvalue weighted by molar-refractivity contribution is 0.508. The lowest BCUT2D eigenvalue weighted by atomic mass is 9.82. The third kappa shape index (κ3) is 12.7. The van der Waals surface area contributed by atoms with Crippen LogP contribution in [0.4, 0.5) is 0 Å². The fourth-order valence-corrected chi connectivity index (χ4v) is 17.7. The maximum Gasteiger partial charge on any atom is 0.146 e. The van der Waals surface area contributed by atoms with Gasteiger partial charge in [0.1, 0.15) is 16.1 Å². The highest BCUT2D eigenvalue weighted by molar-refractivity contribution is 6.91. The van der Waals surface area contributed by atoms with Gasteiger partial charge in [0.15, 0.2) is 0 Å². The molecule has 0 aliphatic carbocycles. The monoisotopic (exact) mass is 711 g/mol. The van der Waals surface area contributed by atoms with Gasteiger partial charge < -0.3 is 0 Å². The molecule has 0 saturated carbocycles. The second kappa shape index (κ2) is 18.0. The van der Waals surface area contributed by atoms with E-state index in [0.717, 1.165) is 22.3 Å². The Morgan fingerprint density at radius 3 is 0.660 bits per heavy atom. The van der Waals surface area contributed by atoms with E-state index in [1.54, 1.807) is 0 Å². The van der Waals surface area contributed by atoms with Gasteiger partial charge in [-0.1, -0.05) is 189 Å². The Kier molecular flexibility index (Phi) is 17.1. The summed E-state index contributed by atoms with van der Waals surface area (Å²) in [6.45, 7) is 55.0. The number of allylic oxidation sites excluding steroid dienone is 2. The highest BCUT2D eigenvalue weighted by Crippen LogP contribution is 2.42. The molecule has 0 fully saturated rings. The number of hydrogen-bond acceptors (Lipinski definition) is 0. The van der Waals surface area contributed by atoms with Gasteiger partial charge in [-0.05, 0) is 56.9 Å². The van der Waals surface area contributed by atoms with Crippen LogP contribution in [0.25, 0.3) is 0 Å². The van der Waals surface area contributed by atoms with E-state index < -0.39 is 16.1 Å². The van der Waals surface area contributed by atoms with Crippen LogP contribution in [0.5, 0.6) is 0 Å². The van der Waals surface area contributed by atoms with Crippen molar-refractivity contribution in [1.82, 2.24) is 0 Å². The highest BCUT2D eigenvalue weighted by atomic mass is 28.3. The van der Waals surface area contributed by atoms with Crippen LogP contribution in [-0.4, -0.2) is 16.1 Å². The topological polar surface area (TPSA) is 0 Å². The fourth-order valence-electron chi connectivity index (χ4n) is 7.27. The van der Waals surface area contributed by atoms with E-state index >= 15 is 0 Å². The second-order valence-corrected chi connectivity index (χ2v) is 31.7. The summed E-state index contributed by atoms with van der Waals surface area (Å²) in [7, 11) is -3.80. The minimum absolute atomic E-state index is 0.152. The van der Waals surface area contributed by atoms with Gasteiger partial charge in [0.05, 0.1) is 11.1 Å². The lowest BCUT2D eigenvalue weighted by Crippen LogP contribution is -2.43. The first kappa shape index (κ1) is 47.7. The van der Waals surface area contributed by atoms with Crippen molar-refractivity contribution < 1.29 is 0 Å². The second-order valence-electron chi connectivity index (χ2n) is 20.5. The Labute approximate surface area is 316 Å². The molecule has 0 unspecified atom stereocenters. The van der Waals surface area contributed by atoms with E-state index in [1.807, 2.05) is 0 Å². The molecule has 0 amide bonds. The summed E-state index contributed by atoms with van der Waals surface area (Å²) in [5.74, 6) is 20.8. The Morgan fingerprint density at radius 1 is 0.320 bits per heavy atom. The average molecular weight is 711 g/mol. The molecule has 0 aromatic heterocycles. The Hall–Kier alpha value is -2.29. The third-order valence-electron chi connectivity index (χ3n) is 10.5. The van der Waals surface area contributed by atoms with Crippen LogP contribution >= 0.6 is 0 Å². The fraction of sp³-hybridized carbons (Fsp3) is 0.708. The van der Waals surface area contributed by atoms with Crippen LogP contribution in [0.2, 0.25) is 33.2 Å². The molecule has 0 aromatic rings. The molecular weight excluding hydrogens is 633 g/mol. The standard InChI is InChI=1S/C48H78Si2/c1-35(2)49(36(3)4,37(5)6)31-29-43(47(19,20)21)33-41(45(13,14)15)27-25-26-28-42(46(16,17)18)34-44(48(22,23)24)30-32-50(38(7)8,39(9)10)40(11)12/h35-40H,1-24H3. The number of rotatable bonds is 6. The molecule has 2 heteroatoms. The van der Waals surface area contributed by atoms with E-state index in [4.69, 9.17) is 0 Å².